The molecule has 0 amide bonds. The van der Waals surface area contributed by atoms with Gasteiger partial charge in [-0.1, -0.05) is 13.8 Å². The van der Waals surface area contributed by atoms with E-state index in [4.69, 9.17) is 4.74 Å². The second-order valence-corrected chi connectivity index (χ2v) is 3.95. The molecule has 84 valence electrons. The van der Waals surface area contributed by atoms with Gasteiger partial charge in [-0.05, 0) is 33.0 Å². The number of nitrogens with zero attached hydrogens (tertiary/aromatic N) is 1. The molecule has 0 bridgehead atoms. The molecule has 14 heavy (non-hydrogen) atoms. The molecule has 1 spiro atoms. The normalized spacial score (nSPS) is 26.8. The van der Waals surface area contributed by atoms with Crippen LogP contribution in [-0.4, -0.2) is 50.3 Å². The van der Waals surface area contributed by atoms with Crippen LogP contribution in [0.25, 0.3) is 0 Å². The second-order valence-electron chi connectivity index (χ2n) is 3.95. The van der Waals surface area contributed by atoms with Gasteiger partial charge in [0.2, 0.25) is 0 Å². The fraction of sp³-hybridized carbons (Fsp3) is 1.00. The number of ether oxygens (including phenoxy) is 1. The lowest BCUT2D eigenvalue weighted by Crippen LogP contribution is -2.59. The van der Waals surface area contributed by atoms with E-state index in [1.807, 2.05) is 13.8 Å². The minimum atomic E-state index is 0.365. The summed E-state index contributed by atoms with van der Waals surface area (Å²) in [5, 5.41) is 3.39. The summed E-state index contributed by atoms with van der Waals surface area (Å²) in [5.74, 6) is 0. The molecule has 1 N–H and O–H groups in total. The largest absolute Gasteiger partial charge is 0.378 e. The zero-order valence-corrected chi connectivity index (χ0v) is 9.81. The van der Waals surface area contributed by atoms with Crippen molar-refractivity contribution in [1.82, 2.24) is 10.2 Å². The maximum Gasteiger partial charge on any atom is 0.0651 e. The molecule has 0 aromatic heterocycles. The third-order valence-electron chi connectivity index (χ3n) is 3.29. The number of likely N-dealkylation sites (N-methyl/N-ethyl adjacent to an activating group) is 1. The second kappa shape index (κ2) is 5.69. The number of nitrogens with one attached hydrogen (secondary N) is 1. The molecule has 0 aromatic rings. The summed E-state index contributed by atoms with van der Waals surface area (Å²) in [4.78, 5) is 2.48. The Kier molecular flexibility index (Phi) is 4.85. The Balaban J connectivity index is 0.000000461. The van der Waals surface area contributed by atoms with Crippen LogP contribution in [0.15, 0.2) is 0 Å². The first-order chi connectivity index (χ1) is 6.83. The molecule has 2 aliphatic heterocycles. The van der Waals surface area contributed by atoms with E-state index in [-0.39, 0.29) is 0 Å². The lowest BCUT2D eigenvalue weighted by atomic mass is 9.87. The summed E-state index contributed by atoms with van der Waals surface area (Å²) in [7, 11) is 2.23. The van der Waals surface area contributed by atoms with E-state index >= 15 is 0 Å². The lowest BCUT2D eigenvalue weighted by molar-refractivity contribution is -0.0694. The number of hydrogen-bond acceptors (Lipinski definition) is 3. The topological polar surface area (TPSA) is 24.5 Å². The van der Waals surface area contributed by atoms with Crippen LogP contribution >= 0.6 is 0 Å². The first-order valence-electron chi connectivity index (χ1n) is 5.83. The van der Waals surface area contributed by atoms with E-state index in [0.29, 0.717) is 5.54 Å². The molecule has 0 saturated carbocycles. The number of rotatable bonds is 0. The average molecular weight is 200 g/mol. The van der Waals surface area contributed by atoms with E-state index < -0.39 is 0 Å². The van der Waals surface area contributed by atoms with E-state index in [2.05, 4.69) is 17.3 Å². The Hall–Kier alpha value is -0.120. The predicted octanol–water partition coefficient (Wildman–Crippen LogP) is 1.10. The van der Waals surface area contributed by atoms with Gasteiger partial charge < -0.3 is 10.1 Å². The zero-order valence-electron chi connectivity index (χ0n) is 9.81. The van der Waals surface area contributed by atoms with E-state index in [1.54, 1.807) is 0 Å². The maximum absolute atomic E-state index is 5.56. The van der Waals surface area contributed by atoms with Gasteiger partial charge in [0.25, 0.3) is 0 Å². The molecule has 2 saturated heterocycles. The number of piperidine rings is 1. The standard InChI is InChI=1S/C9H18N2O.C2H6/c1-11-6-7-12-8-9(11)2-4-10-5-3-9;1-2/h10H,2-8H2,1H3;1-2H3. The average Bonchev–Trinajstić information content (AvgIpc) is 2.27. The fourth-order valence-corrected chi connectivity index (χ4v) is 2.23. The van der Waals surface area contributed by atoms with E-state index in [9.17, 15) is 0 Å². The van der Waals surface area contributed by atoms with Crippen LogP contribution < -0.4 is 5.32 Å². The van der Waals surface area contributed by atoms with Crippen LogP contribution in [0.5, 0.6) is 0 Å². The van der Waals surface area contributed by atoms with Gasteiger partial charge in [-0.25, -0.2) is 0 Å². The number of morpholine rings is 1. The molecule has 3 nitrogen and oxygen atoms in total. The van der Waals surface area contributed by atoms with Crippen molar-refractivity contribution in [2.45, 2.75) is 32.2 Å². The molecule has 0 unspecified atom stereocenters. The van der Waals surface area contributed by atoms with Crippen molar-refractivity contribution in [3.63, 3.8) is 0 Å². The van der Waals surface area contributed by atoms with Crippen molar-refractivity contribution in [3.8, 4) is 0 Å². The van der Waals surface area contributed by atoms with Crippen LogP contribution in [0.3, 0.4) is 0 Å². The van der Waals surface area contributed by atoms with E-state index in [1.165, 1.54) is 12.8 Å². The molecule has 0 aliphatic carbocycles. The van der Waals surface area contributed by atoms with Crippen molar-refractivity contribution in [1.29, 1.82) is 0 Å². The van der Waals surface area contributed by atoms with Gasteiger partial charge >= 0.3 is 0 Å². The monoisotopic (exact) mass is 200 g/mol. The fourth-order valence-electron chi connectivity index (χ4n) is 2.23. The third kappa shape index (κ3) is 2.47. The molecule has 2 heterocycles. The van der Waals surface area contributed by atoms with Crippen LogP contribution in [-0.2, 0) is 4.74 Å². The molecule has 0 radical (unpaired) electrons. The van der Waals surface area contributed by atoms with E-state index in [0.717, 1.165) is 32.8 Å². The van der Waals surface area contributed by atoms with Crippen molar-refractivity contribution in [2.24, 2.45) is 0 Å². The Morgan fingerprint density at radius 3 is 2.43 bits per heavy atom. The number of hydrogen-bond donors (Lipinski definition) is 1. The van der Waals surface area contributed by atoms with Crippen molar-refractivity contribution >= 4 is 0 Å². The van der Waals surface area contributed by atoms with Gasteiger partial charge in [0.1, 0.15) is 0 Å². The van der Waals surface area contributed by atoms with Gasteiger partial charge in [0, 0.05) is 12.1 Å². The minimum absolute atomic E-state index is 0.365. The first kappa shape index (κ1) is 12.0. The molecular formula is C11H24N2O. The molecule has 2 aliphatic rings. The highest BCUT2D eigenvalue weighted by molar-refractivity contribution is 4.94. The van der Waals surface area contributed by atoms with Gasteiger partial charge in [-0.3, -0.25) is 4.90 Å². The van der Waals surface area contributed by atoms with Gasteiger partial charge in [0.05, 0.1) is 13.2 Å². The SMILES string of the molecule is CC.CN1CCOCC12CCNCC2. The van der Waals surface area contributed by atoms with Crippen LogP contribution in [0.1, 0.15) is 26.7 Å². The zero-order chi connectivity index (χ0) is 10.4. The summed E-state index contributed by atoms with van der Waals surface area (Å²) in [5.41, 5.74) is 0.365. The van der Waals surface area contributed by atoms with Gasteiger partial charge in [0.15, 0.2) is 0 Å². The Bertz CT molecular complexity index is 147. The molecule has 0 atom stereocenters. The lowest BCUT2D eigenvalue weighted by Gasteiger charge is -2.47. The Morgan fingerprint density at radius 2 is 1.86 bits per heavy atom. The highest BCUT2D eigenvalue weighted by Gasteiger charge is 2.38. The quantitative estimate of drug-likeness (QED) is 0.633. The highest BCUT2D eigenvalue weighted by atomic mass is 16.5. The van der Waals surface area contributed by atoms with Crippen LogP contribution in [0, 0.1) is 0 Å². The summed E-state index contributed by atoms with van der Waals surface area (Å²) >= 11 is 0. The Morgan fingerprint density at radius 1 is 1.21 bits per heavy atom. The minimum Gasteiger partial charge on any atom is -0.378 e. The summed E-state index contributed by atoms with van der Waals surface area (Å²) < 4.78 is 5.56. The molecule has 3 heteroatoms. The molecule has 0 aromatic carbocycles. The van der Waals surface area contributed by atoms with Crippen LogP contribution in [0.4, 0.5) is 0 Å². The van der Waals surface area contributed by atoms with Crippen LogP contribution in [0.2, 0.25) is 0 Å². The molecule has 2 fully saturated rings. The maximum atomic E-state index is 5.56. The highest BCUT2D eigenvalue weighted by Crippen LogP contribution is 2.27. The van der Waals surface area contributed by atoms with Crippen molar-refractivity contribution in [3.05, 3.63) is 0 Å². The third-order valence-corrected chi connectivity index (χ3v) is 3.29. The predicted molar refractivity (Wildman–Crippen MR) is 59.6 cm³/mol. The first-order valence-corrected chi connectivity index (χ1v) is 5.83. The van der Waals surface area contributed by atoms with Crippen molar-refractivity contribution in [2.75, 3.05) is 39.9 Å². The molecular weight excluding hydrogens is 176 g/mol. The van der Waals surface area contributed by atoms with Gasteiger partial charge in [-0.2, -0.15) is 0 Å². The summed E-state index contributed by atoms with van der Waals surface area (Å²) in [6, 6.07) is 0. The van der Waals surface area contributed by atoms with Crippen molar-refractivity contribution < 1.29 is 4.74 Å². The smallest absolute Gasteiger partial charge is 0.0651 e. The molecule has 2 rings (SSSR count). The Labute approximate surface area is 87.8 Å². The summed E-state index contributed by atoms with van der Waals surface area (Å²) in [6.07, 6.45) is 2.48. The summed E-state index contributed by atoms with van der Waals surface area (Å²) in [6.45, 7) is 9.23. The van der Waals surface area contributed by atoms with Gasteiger partial charge in [-0.15, -0.1) is 0 Å².